The van der Waals surface area contributed by atoms with Crippen LogP contribution in [0.3, 0.4) is 0 Å². The maximum absolute atomic E-state index is 6.55. The van der Waals surface area contributed by atoms with Crippen LogP contribution in [-0.2, 0) is 33.0 Å². The largest absolute Gasteiger partial charge is 2.00 e. The fourth-order valence-electron chi connectivity index (χ4n) is 13.9. The topological polar surface area (TPSA) is 113 Å². The van der Waals surface area contributed by atoms with E-state index in [2.05, 4.69) is 204 Å². The monoisotopic (exact) mass is 1740 g/mol. The Labute approximate surface area is 630 Å². The summed E-state index contributed by atoms with van der Waals surface area (Å²) in [5.74, 6) is 2.69. The number of hydrogen-bond acceptors (Lipinski definition) is 8. The minimum Gasteiger partial charge on any atom is 2.00 e. The molecular weight excluding hydrogens is 1700 g/mol. The first-order valence-electron chi connectivity index (χ1n) is 30.9. The van der Waals surface area contributed by atoms with Crippen molar-refractivity contribution in [1.29, 1.82) is 0 Å². The summed E-state index contributed by atoms with van der Waals surface area (Å²) in [7, 11) is 20.0. The van der Waals surface area contributed by atoms with Gasteiger partial charge in [-0.3, -0.25) is 18.8 Å². The number of benzene rings is 8. The first-order chi connectivity index (χ1) is 46.1. The molecule has 0 saturated carbocycles. The van der Waals surface area contributed by atoms with Crippen LogP contribution in [0.4, 0.5) is 0 Å². The van der Waals surface area contributed by atoms with Gasteiger partial charge in [-0.25, -0.2) is 19.9 Å². The third-order valence-corrected chi connectivity index (χ3v) is 17.4. The number of para-hydroxylation sites is 2. The molecule has 20 heteroatoms. The maximum Gasteiger partial charge on any atom is 2.00 e. The molecule has 10 aromatic heterocycles. The number of nitrogens with zero attached hydrogens (tertiary/aromatic N) is 10. The second-order valence-corrected chi connectivity index (χ2v) is 43.0. The number of imidazole rings is 4. The minimum absolute atomic E-state index is 0. The van der Waals surface area contributed by atoms with E-state index in [9.17, 15) is 0 Å². The van der Waals surface area contributed by atoms with Crippen molar-refractivity contribution in [1.82, 2.24) is 47.5 Å². The first-order valence-corrected chi connectivity index (χ1v) is 58.1. The fraction of sp³-hybridized carbons (Fsp3) is 0.0789. The third kappa shape index (κ3) is 12.5. The molecule has 468 valence electrons. The summed E-state index contributed by atoms with van der Waals surface area (Å²) in [5, 5.41) is 12.6. The second kappa shape index (κ2) is 27.8. The van der Waals surface area contributed by atoms with Gasteiger partial charge in [0.1, 0.15) is 34.1 Å². The molecule has 10 heterocycles. The molecule has 0 aliphatic carbocycles. The van der Waals surface area contributed by atoms with Crippen LogP contribution >= 0.6 is 37.7 Å². The Morgan fingerprint density at radius 1 is 0.375 bits per heavy atom. The molecule has 96 heavy (non-hydrogen) atoms. The van der Waals surface area contributed by atoms with Gasteiger partial charge in [-0.05, 0) is 152 Å². The van der Waals surface area contributed by atoms with Crippen molar-refractivity contribution in [2.45, 2.75) is 41.5 Å². The van der Waals surface area contributed by atoms with Crippen LogP contribution in [0.5, 0.6) is 23.0 Å². The van der Waals surface area contributed by atoms with Crippen molar-refractivity contribution in [3.8, 4) is 45.5 Å². The maximum atomic E-state index is 6.55. The van der Waals surface area contributed by atoms with Gasteiger partial charge in [-0.1, -0.05) is 124 Å². The van der Waals surface area contributed by atoms with E-state index in [1.54, 1.807) is 12.4 Å². The number of pyridine rings is 6. The molecule has 0 aliphatic rings. The van der Waals surface area contributed by atoms with Gasteiger partial charge in [0.05, 0.1) is 34.4 Å². The summed E-state index contributed by atoms with van der Waals surface area (Å²) in [6, 6.07) is 61.7. The zero-order valence-corrected chi connectivity index (χ0v) is 66.9. The molecule has 0 spiro atoms. The standard InChI is InChI=1S/C38H27N5O.C38H25N5O.4ClH.2K.2Pt/c2*1-22-17-23(2)35(24(3)18-22)34-21-41-38-32-20-26(10-12-27(32)29-7-4-5-9-33(29)43(34)38)44-25-11-13-28-30-8-6-14-39-36(30)42-16-15-40-37(42)31(28)19-25;;;;;;;;/h4-21H,1-3H3;4-18,21H,1-3H3;4*1H;;;;/q;-2;;;;;;;+2;+4/p-4. The Morgan fingerprint density at radius 2 is 0.760 bits per heavy atom. The van der Waals surface area contributed by atoms with Crippen molar-refractivity contribution >= 4 is 210 Å². The summed E-state index contributed by atoms with van der Waals surface area (Å²) in [4.78, 5) is 28.5. The summed E-state index contributed by atoms with van der Waals surface area (Å²) >= 11 is -0.556. The molecular formula is C76H52Cl4K2N10O2Pt2. The predicted molar refractivity (Wildman–Crippen MR) is 388 cm³/mol. The van der Waals surface area contributed by atoms with Gasteiger partial charge in [0.25, 0.3) is 0 Å². The quantitative estimate of drug-likeness (QED) is 0.0919. The van der Waals surface area contributed by atoms with Crippen molar-refractivity contribution in [3.63, 3.8) is 0 Å². The van der Waals surface area contributed by atoms with Gasteiger partial charge >= 0.3 is 134 Å². The molecule has 18 aromatic rings. The van der Waals surface area contributed by atoms with E-state index < -0.39 is 11.9 Å². The molecule has 8 aromatic carbocycles. The summed E-state index contributed by atoms with van der Waals surface area (Å²) in [6.45, 7) is 13.0. The number of aryl methyl sites for hydroxylation is 6. The van der Waals surface area contributed by atoms with Crippen LogP contribution in [0.25, 0.3) is 132 Å². The number of rotatable bonds is 6. The fourth-order valence-corrected chi connectivity index (χ4v) is 13.9. The van der Waals surface area contributed by atoms with Gasteiger partial charge in [-0.15, -0.1) is 12.1 Å². The first kappa shape index (κ1) is 67.5. The van der Waals surface area contributed by atoms with Crippen molar-refractivity contribution in [3.05, 3.63) is 253 Å². The van der Waals surface area contributed by atoms with Crippen molar-refractivity contribution in [2.75, 3.05) is 0 Å². The molecule has 0 fully saturated rings. The molecule has 0 saturated heterocycles. The van der Waals surface area contributed by atoms with Gasteiger partial charge in [0, 0.05) is 93.1 Å². The van der Waals surface area contributed by atoms with E-state index in [-0.39, 0.29) is 21.1 Å². The smallest absolute Gasteiger partial charge is 2.00 e. The van der Waals surface area contributed by atoms with Gasteiger partial charge in [0.15, 0.2) is 0 Å². The summed E-state index contributed by atoms with van der Waals surface area (Å²) in [6.07, 6.45) is 15.1. The van der Waals surface area contributed by atoms with E-state index in [0.29, 0.717) is 11.5 Å². The zero-order valence-electron chi connectivity index (χ0n) is 53.1. The summed E-state index contributed by atoms with van der Waals surface area (Å²) in [5.41, 5.74) is 19.5. The Balaban J connectivity index is 0.000000149. The number of aromatic nitrogens is 10. The molecule has 0 unspecified atom stereocenters. The molecule has 0 radical (unpaired) electrons. The number of fused-ring (bicyclic) bond motifs is 24. The Kier molecular flexibility index (Phi) is 19.5. The number of halogens is 4. The predicted octanol–water partition coefficient (Wildman–Crippen LogP) is 20.3. The number of hydrogen-bond donors (Lipinski definition) is 0. The van der Waals surface area contributed by atoms with Gasteiger partial charge in [-0.2, -0.15) is 0 Å². The van der Waals surface area contributed by atoms with E-state index >= 15 is 0 Å². The molecule has 12 nitrogen and oxygen atoms in total. The van der Waals surface area contributed by atoms with E-state index in [1.807, 2.05) is 82.4 Å². The Hall–Kier alpha value is -5.69. The molecule has 18 rings (SSSR count). The van der Waals surface area contributed by atoms with E-state index in [0.717, 1.165) is 127 Å². The normalized spacial score (nSPS) is 11.9. The molecule has 0 atom stereocenters. The molecule has 0 aliphatic heterocycles. The van der Waals surface area contributed by atoms with Crippen LogP contribution in [0.1, 0.15) is 33.4 Å². The van der Waals surface area contributed by atoms with Crippen LogP contribution < -0.4 is 9.47 Å². The van der Waals surface area contributed by atoms with Crippen LogP contribution in [0.2, 0.25) is 0 Å². The molecule has 0 amide bonds. The second-order valence-electron chi connectivity index (χ2n) is 23.3. The SMILES string of the molecule is Cc1cc(C)c(-c2cnc3c4[c-]c(Oc5[c-]c6c(cc5)c5cccnc5n5ccnc65)ccc4c4ccccc4n23)c(C)c1.Cc1cc(C)c(-c2cnc3c4cc(Oc5ccc6c7cccnc7n7ccnc7c6c5)ccc4c4ccccc4n23)c(C)c1.[Cl][Pt]([Cl])([Cl])[Cl].[K][K].[Pt+2]. The molecule has 0 bridgehead atoms. The van der Waals surface area contributed by atoms with Crippen LogP contribution in [-0.4, -0.2) is 111 Å². The van der Waals surface area contributed by atoms with Crippen LogP contribution in [0.15, 0.2) is 207 Å². The Bertz CT molecular complexity index is 5730. The minimum atomic E-state index is -3.06. The third-order valence-electron chi connectivity index (χ3n) is 17.4. The van der Waals surface area contributed by atoms with E-state index in [1.165, 1.54) is 113 Å². The van der Waals surface area contributed by atoms with Gasteiger partial charge in [0.2, 0.25) is 0 Å². The number of ether oxygens (including phenoxy) is 2. The zero-order chi connectivity index (χ0) is 65.6. The Morgan fingerprint density at radius 3 is 1.30 bits per heavy atom. The van der Waals surface area contributed by atoms with Crippen molar-refractivity contribution < 1.29 is 42.4 Å². The molecule has 0 N–H and O–H groups in total. The van der Waals surface area contributed by atoms with E-state index in [4.69, 9.17) is 57.1 Å². The summed E-state index contributed by atoms with van der Waals surface area (Å²) < 4.78 is 21.6. The van der Waals surface area contributed by atoms with Crippen molar-refractivity contribution in [2.24, 2.45) is 0 Å². The van der Waals surface area contributed by atoms with Crippen LogP contribution in [0, 0.1) is 53.7 Å². The average molecular weight is 1750 g/mol. The average Bonchev–Trinajstić information content (AvgIpc) is 1.45. The van der Waals surface area contributed by atoms with Gasteiger partial charge < -0.3 is 18.3 Å².